The first-order valence-corrected chi connectivity index (χ1v) is 8.59. The van der Waals surface area contributed by atoms with Gasteiger partial charge in [-0.15, -0.1) is 4.72 Å². The Labute approximate surface area is 132 Å². The van der Waals surface area contributed by atoms with Crippen LogP contribution in [-0.2, 0) is 11.4 Å². The number of hydrogen-bond donors (Lipinski definition) is 1. The number of halogens is 1. The van der Waals surface area contributed by atoms with Gasteiger partial charge in [0, 0.05) is 15.8 Å². The first-order chi connectivity index (χ1) is 9.27. The van der Waals surface area contributed by atoms with E-state index in [4.69, 9.17) is 0 Å². The average Bonchev–Trinajstić information content (AvgIpc) is 2.36. The molecule has 0 aliphatic rings. The van der Waals surface area contributed by atoms with Crippen LogP contribution in [0.15, 0.2) is 40.9 Å². The van der Waals surface area contributed by atoms with Crippen molar-refractivity contribution >= 4 is 38.1 Å². The molecule has 0 fully saturated rings. The van der Waals surface area contributed by atoms with Gasteiger partial charge in [-0.25, -0.2) is 0 Å². The van der Waals surface area contributed by atoms with Crippen LogP contribution in [0.25, 0.3) is 10.8 Å². The lowest BCUT2D eigenvalue weighted by molar-refractivity contribution is 0.531. The predicted molar refractivity (Wildman–Crippen MR) is 91.1 cm³/mol. The Morgan fingerprint density at radius 2 is 1.75 bits per heavy atom. The van der Waals surface area contributed by atoms with Crippen molar-refractivity contribution in [3.8, 4) is 0 Å². The quantitative estimate of drug-likeness (QED) is 0.810. The van der Waals surface area contributed by atoms with Crippen LogP contribution in [-0.4, -0.2) is 9.30 Å². The molecule has 0 spiro atoms. The van der Waals surface area contributed by atoms with E-state index in [0.717, 1.165) is 10.0 Å². The molecule has 0 saturated carbocycles. The van der Waals surface area contributed by atoms with E-state index in [1.54, 1.807) is 0 Å². The first kappa shape index (κ1) is 15.8. The summed E-state index contributed by atoms with van der Waals surface area (Å²) >= 11 is 2.43. The minimum Gasteiger partial charge on any atom is -0.598 e. The molecule has 0 aromatic heterocycles. The van der Waals surface area contributed by atoms with E-state index < -0.39 is 11.4 Å². The fourth-order valence-corrected chi connectivity index (χ4v) is 3.10. The number of fused-ring (bicyclic) bond motifs is 1. The normalized spacial score (nSPS) is 15.3. The van der Waals surface area contributed by atoms with Gasteiger partial charge >= 0.3 is 0 Å². The van der Waals surface area contributed by atoms with Gasteiger partial charge in [0.25, 0.3) is 0 Å². The minimum absolute atomic E-state index is 0.0541. The second kappa shape index (κ2) is 6.06. The molecule has 2 aromatic carbocycles. The molecule has 20 heavy (non-hydrogen) atoms. The van der Waals surface area contributed by atoms with Gasteiger partial charge in [-0.05, 0) is 62.2 Å². The number of rotatable bonds is 3. The maximum Gasteiger partial charge on any atom is 0.136 e. The van der Waals surface area contributed by atoms with Crippen molar-refractivity contribution in [2.45, 2.75) is 38.5 Å². The van der Waals surface area contributed by atoms with Gasteiger partial charge < -0.3 is 4.55 Å². The Morgan fingerprint density at radius 1 is 1.10 bits per heavy atom. The molecular formula is C16H20BrNOS. The summed E-state index contributed by atoms with van der Waals surface area (Å²) in [4.78, 5) is 0. The molecule has 0 saturated heterocycles. The Kier molecular flexibility index (Phi) is 4.80. The van der Waals surface area contributed by atoms with Crippen LogP contribution < -0.4 is 4.72 Å². The Bertz CT molecular complexity index is 609. The fraction of sp³-hybridized carbons (Fsp3) is 0.375. The zero-order valence-electron chi connectivity index (χ0n) is 12.2. The topological polar surface area (TPSA) is 35.1 Å². The van der Waals surface area contributed by atoms with Crippen molar-refractivity contribution in [2.75, 3.05) is 0 Å². The van der Waals surface area contributed by atoms with Gasteiger partial charge in [0.2, 0.25) is 0 Å². The molecule has 108 valence electrons. The lowest BCUT2D eigenvalue weighted by Crippen LogP contribution is -2.40. The number of nitrogens with one attached hydrogen (secondary N) is 1. The molecular weight excluding hydrogens is 334 g/mol. The molecule has 0 aliphatic heterocycles. The zero-order chi connectivity index (χ0) is 14.9. The SMILES string of the molecule is C[C@@H](N[S+]([O-])C(C)(C)C)c1ccc2ccc(Br)cc2c1. The molecule has 2 rings (SSSR count). The molecule has 2 atom stereocenters. The van der Waals surface area contributed by atoms with Crippen LogP contribution in [0.3, 0.4) is 0 Å². The van der Waals surface area contributed by atoms with Gasteiger partial charge in [0.15, 0.2) is 0 Å². The smallest absolute Gasteiger partial charge is 0.136 e. The van der Waals surface area contributed by atoms with Crippen molar-refractivity contribution in [2.24, 2.45) is 0 Å². The van der Waals surface area contributed by atoms with Crippen molar-refractivity contribution in [3.05, 3.63) is 46.4 Å². The van der Waals surface area contributed by atoms with Crippen LogP contribution in [0.4, 0.5) is 0 Å². The van der Waals surface area contributed by atoms with Gasteiger partial charge in [-0.2, -0.15) is 0 Å². The van der Waals surface area contributed by atoms with Crippen molar-refractivity contribution in [3.63, 3.8) is 0 Å². The van der Waals surface area contributed by atoms with E-state index in [0.29, 0.717) is 0 Å². The number of benzene rings is 2. The first-order valence-electron chi connectivity index (χ1n) is 6.64. The van der Waals surface area contributed by atoms with Crippen LogP contribution in [0.2, 0.25) is 0 Å². The monoisotopic (exact) mass is 353 g/mol. The predicted octanol–water partition coefficient (Wildman–Crippen LogP) is 4.72. The summed E-state index contributed by atoms with van der Waals surface area (Å²) in [5, 5.41) is 2.40. The third-order valence-electron chi connectivity index (χ3n) is 3.17. The van der Waals surface area contributed by atoms with Crippen molar-refractivity contribution in [1.29, 1.82) is 0 Å². The Hall–Kier alpha value is -0.550. The van der Waals surface area contributed by atoms with Crippen molar-refractivity contribution < 1.29 is 4.55 Å². The van der Waals surface area contributed by atoms with E-state index in [2.05, 4.69) is 51.0 Å². The molecule has 2 aromatic rings. The summed E-state index contributed by atoms with van der Waals surface area (Å²) < 4.78 is 16.1. The third-order valence-corrected chi connectivity index (χ3v) is 5.34. The highest BCUT2D eigenvalue weighted by molar-refractivity contribution is 9.10. The van der Waals surface area contributed by atoms with Crippen LogP contribution in [0.1, 0.15) is 39.3 Å². The van der Waals surface area contributed by atoms with Crippen LogP contribution in [0.5, 0.6) is 0 Å². The van der Waals surface area contributed by atoms with Crippen molar-refractivity contribution in [1.82, 2.24) is 4.72 Å². The van der Waals surface area contributed by atoms with E-state index in [1.165, 1.54) is 10.8 Å². The summed E-state index contributed by atoms with van der Waals surface area (Å²) in [6, 6.07) is 12.6. The maximum absolute atomic E-state index is 12.2. The summed E-state index contributed by atoms with van der Waals surface area (Å²) in [6.07, 6.45) is 0. The molecule has 0 amide bonds. The Morgan fingerprint density at radius 3 is 2.40 bits per heavy atom. The Balaban J connectivity index is 2.24. The molecule has 1 N–H and O–H groups in total. The second-order valence-corrected chi connectivity index (χ2v) is 8.89. The summed E-state index contributed by atoms with van der Waals surface area (Å²) in [5.41, 5.74) is 1.15. The van der Waals surface area contributed by atoms with Gasteiger partial charge in [-0.3, -0.25) is 0 Å². The third kappa shape index (κ3) is 3.76. The second-order valence-electron chi connectivity index (χ2n) is 5.97. The van der Waals surface area contributed by atoms with Gasteiger partial charge in [-0.1, -0.05) is 34.1 Å². The van der Waals surface area contributed by atoms with Gasteiger partial charge in [0.1, 0.15) is 4.75 Å². The summed E-state index contributed by atoms with van der Waals surface area (Å²) in [6.45, 7) is 7.96. The molecule has 0 radical (unpaired) electrons. The molecule has 1 unspecified atom stereocenters. The molecule has 0 heterocycles. The fourth-order valence-electron chi connectivity index (χ4n) is 1.91. The summed E-state index contributed by atoms with van der Waals surface area (Å²) in [7, 11) is 0. The van der Waals surface area contributed by atoms with Crippen LogP contribution in [0, 0.1) is 0 Å². The van der Waals surface area contributed by atoms with E-state index in [9.17, 15) is 4.55 Å². The minimum atomic E-state index is -1.07. The van der Waals surface area contributed by atoms with E-state index in [-0.39, 0.29) is 10.8 Å². The largest absolute Gasteiger partial charge is 0.598 e. The molecule has 4 heteroatoms. The number of hydrogen-bond acceptors (Lipinski definition) is 2. The standard InChI is InChI=1S/C16H20BrNOS/c1-11(18-20(19)16(2,3)4)13-6-5-12-7-8-15(17)10-14(12)9-13/h5-11,18H,1-4H3/t11-,20?/m1/s1. The lowest BCUT2D eigenvalue weighted by Gasteiger charge is -2.26. The molecule has 2 nitrogen and oxygen atoms in total. The highest BCUT2D eigenvalue weighted by Crippen LogP contribution is 2.25. The van der Waals surface area contributed by atoms with Crippen LogP contribution >= 0.6 is 15.9 Å². The maximum atomic E-state index is 12.2. The van der Waals surface area contributed by atoms with E-state index >= 15 is 0 Å². The average molecular weight is 354 g/mol. The molecule has 0 aliphatic carbocycles. The highest BCUT2D eigenvalue weighted by Gasteiger charge is 2.28. The van der Waals surface area contributed by atoms with Gasteiger partial charge in [0.05, 0.1) is 6.04 Å². The van der Waals surface area contributed by atoms with E-state index in [1.807, 2.05) is 33.8 Å². The molecule has 0 bridgehead atoms. The highest BCUT2D eigenvalue weighted by atomic mass is 79.9. The summed E-state index contributed by atoms with van der Waals surface area (Å²) in [5.74, 6) is 0. The zero-order valence-corrected chi connectivity index (χ0v) is 14.6. The lowest BCUT2D eigenvalue weighted by atomic mass is 10.0.